The Bertz CT molecular complexity index is 751. The van der Waals surface area contributed by atoms with Gasteiger partial charge in [0, 0.05) is 23.3 Å². The molecule has 3 rings (SSSR count). The van der Waals surface area contributed by atoms with E-state index >= 15 is 0 Å². The number of aliphatic hydroxyl groups excluding tert-OH is 1. The fourth-order valence-corrected chi connectivity index (χ4v) is 2.87. The summed E-state index contributed by atoms with van der Waals surface area (Å²) in [5.41, 5.74) is 2.91. The Labute approximate surface area is 126 Å². The Kier molecular flexibility index (Phi) is 3.59. The average Bonchev–Trinajstić information content (AvgIpc) is 2.76. The van der Waals surface area contributed by atoms with E-state index in [2.05, 4.69) is 21.0 Å². The summed E-state index contributed by atoms with van der Waals surface area (Å²) in [6, 6.07) is 15.8. The van der Waals surface area contributed by atoms with E-state index in [0.29, 0.717) is 6.42 Å². The number of hydrogen-bond acceptors (Lipinski definition) is 2. The second-order valence-electron chi connectivity index (χ2n) is 4.86. The number of aliphatic hydroxyl groups is 1. The second kappa shape index (κ2) is 5.38. The van der Waals surface area contributed by atoms with Gasteiger partial charge in [-0.25, -0.2) is 0 Å². The summed E-state index contributed by atoms with van der Waals surface area (Å²) in [6.45, 7) is 0. The molecule has 0 saturated carbocycles. The minimum Gasteiger partial charge on any atom is -0.388 e. The molecule has 0 aliphatic heterocycles. The molecule has 1 unspecified atom stereocenters. The van der Waals surface area contributed by atoms with E-state index in [1.807, 2.05) is 60.3 Å². The first-order valence-corrected chi connectivity index (χ1v) is 7.28. The van der Waals surface area contributed by atoms with Crippen molar-refractivity contribution in [1.29, 1.82) is 0 Å². The molecular weight excluding hydrogens is 316 g/mol. The maximum Gasteiger partial charge on any atom is 0.0846 e. The second-order valence-corrected chi connectivity index (χ2v) is 5.78. The van der Waals surface area contributed by atoms with Crippen molar-refractivity contribution < 1.29 is 5.11 Å². The molecule has 1 atom stereocenters. The molecule has 0 fully saturated rings. The number of nitrogens with zero attached hydrogens (tertiary/aromatic N) is 2. The monoisotopic (exact) mass is 330 g/mol. The number of benzene rings is 2. The molecule has 1 aromatic heterocycles. The van der Waals surface area contributed by atoms with E-state index in [4.69, 9.17) is 0 Å². The summed E-state index contributed by atoms with van der Waals surface area (Å²) in [7, 11) is 1.93. The third kappa shape index (κ3) is 2.49. The van der Waals surface area contributed by atoms with E-state index in [1.54, 1.807) is 0 Å². The van der Waals surface area contributed by atoms with Crippen molar-refractivity contribution in [2.45, 2.75) is 12.5 Å². The van der Waals surface area contributed by atoms with Gasteiger partial charge in [-0.15, -0.1) is 0 Å². The highest BCUT2D eigenvalue weighted by molar-refractivity contribution is 9.10. The zero-order valence-electron chi connectivity index (χ0n) is 11.1. The van der Waals surface area contributed by atoms with Crippen LogP contribution in [-0.4, -0.2) is 14.9 Å². The van der Waals surface area contributed by atoms with E-state index in [9.17, 15) is 5.11 Å². The molecule has 0 aliphatic carbocycles. The lowest BCUT2D eigenvalue weighted by Gasteiger charge is -2.10. The topological polar surface area (TPSA) is 38.0 Å². The molecule has 0 saturated heterocycles. The molecular formula is C16H15BrN2O. The zero-order chi connectivity index (χ0) is 14.1. The van der Waals surface area contributed by atoms with Crippen LogP contribution in [0.5, 0.6) is 0 Å². The van der Waals surface area contributed by atoms with E-state index in [1.165, 1.54) is 0 Å². The molecule has 102 valence electrons. The third-order valence-corrected chi connectivity index (χ3v) is 3.95. The van der Waals surface area contributed by atoms with Crippen LogP contribution < -0.4 is 0 Å². The molecule has 0 bridgehead atoms. The predicted octanol–water partition coefficient (Wildman–Crippen LogP) is 3.61. The van der Waals surface area contributed by atoms with Crippen LogP contribution in [0.1, 0.15) is 17.4 Å². The van der Waals surface area contributed by atoms with E-state index in [0.717, 1.165) is 26.6 Å². The predicted molar refractivity (Wildman–Crippen MR) is 83.5 cm³/mol. The molecule has 3 nitrogen and oxygen atoms in total. The maximum atomic E-state index is 10.4. The first-order valence-electron chi connectivity index (χ1n) is 6.49. The Morgan fingerprint density at radius 3 is 2.80 bits per heavy atom. The normalized spacial score (nSPS) is 12.8. The van der Waals surface area contributed by atoms with Crippen molar-refractivity contribution in [2.75, 3.05) is 0 Å². The quantitative estimate of drug-likeness (QED) is 0.796. The number of rotatable bonds is 3. The third-order valence-electron chi connectivity index (χ3n) is 3.45. The molecule has 4 heteroatoms. The molecule has 0 spiro atoms. The summed E-state index contributed by atoms with van der Waals surface area (Å²) in [5.74, 6) is 0. The van der Waals surface area contributed by atoms with Crippen molar-refractivity contribution in [3.8, 4) is 0 Å². The number of hydrogen-bond donors (Lipinski definition) is 1. The van der Waals surface area contributed by atoms with Gasteiger partial charge >= 0.3 is 0 Å². The van der Waals surface area contributed by atoms with Gasteiger partial charge < -0.3 is 5.11 Å². The molecule has 0 aliphatic rings. The van der Waals surface area contributed by atoms with Gasteiger partial charge in [-0.1, -0.05) is 46.3 Å². The average molecular weight is 331 g/mol. The maximum absolute atomic E-state index is 10.4. The molecule has 20 heavy (non-hydrogen) atoms. The summed E-state index contributed by atoms with van der Waals surface area (Å²) < 4.78 is 2.83. The lowest BCUT2D eigenvalue weighted by atomic mass is 10.0. The summed E-state index contributed by atoms with van der Waals surface area (Å²) in [5, 5.41) is 16.0. The fourth-order valence-electron chi connectivity index (χ4n) is 2.45. The van der Waals surface area contributed by atoms with Crippen LogP contribution in [0.4, 0.5) is 0 Å². The van der Waals surface area contributed by atoms with Crippen LogP contribution in [-0.2, 0) is 13.5 Å². The van der Waals surface area contributed by atoms with Gasteiger partial charge in [0.2, 0.25) is 0 Å². The first kappa shape index (κ1) is 13.3. The van der Waals surface area contributed by atoms with Crippen molar-refractivity contribution in [2.24, 2.45) is 7.05 Å². The summed E-state index contributed by atoms with van der Waals surface area (Å²) in [4.78, 5) is 0. The van der Waals surface area contributed by atoms with E-state index in [-0.39, 0.29) is 0 Å². The van der Waals surface area contributed by atoms with Gasteiger partial charge in [0.25, 0.3) is 0 Å². The highest BCUT2D eigenvalue weighted by atomic mass is 79.9. The first-order chi connectivity index (χ1) is 9.65. The Balaban J connectivity index is 1.93. The van der Waals surface area contributed by atoms with Gasteiger partial charge in [0.05, 0.1) is 17.3 Å². The molecule has 1 N–H and O–H groups in total. The smallest absolute Gasteiger partial charge is 0.0846 e. The fraction of sp³-hybridized carbons (Fsp3) is 0.188. The largest absolute Gasteiger partial charge is 0.388 e. The Hall–Kier alpha value is -1.65. The van der Waals surface area contributed by atoms with Crippen molar-refractivity contribution in [1.82, 2.24) is 9.78 Å². The van der Waals surface area contributed by atoms with Crippen molar-refractivity contribution in [3.05, 3.63) is 64.3 Å². The van der Waals surface area contributed by atoms with Gasteiger partial charge in [-0.3, -0.25) is 4.68 Å². The molecule has 0 radical (unpaired) electrons. The van der Waals surface area contributed by atoms with E-state index < -0.39 is 6.10 Å². The number of para-hydroxylation sites is 1. The minimum atomic E-state index is -0.550. The van der Waals surface area contributed by atoms with Crippen LogP contribution in [0.2, 0.25) is 0 Å². The highest BCUT2D eigenvalue weighted by Crippen LogP contribution is 2.25. The summed E-state index contributed by atoms with van der Waals surface area (Å²) in [6.07, 6.45) is -0.0385. The lowest BCUT2D eigenvalue weighted by molar-refractivity contribution is 0.177. The summed E-state index contributed by atoms with van der Waals surface area (Å²) >= 11 is 3.43. The van der Waals surface area contributed by atoms with Crippen LogP contribution in [0.3, 0.4) is 0 Å². The molecule has 3 aromatic rings. The van der Waals surface area contributed by atoms with Crippen LogP contribution in [0.25, 0.3) is 10.9 Å². The number of halogens is 1. The van der Waals surface area contributed by atoms with Gasteiger partial charge in [0.15, 0.2) is 0 Å². The van der Waals surface area contributed by atoms with Crippen molar-refractivity contribution in [3.63, 3.8) is 0 Å². The van der Waals surface area contributed by atoms with Gasteiger partial charge in [-0.05, 0) is 23.8 Å². The lowest BCUT2D eigenvalue weighted by Crippen LogP contribution is -2.03. The molecule has 1 heterocycles. The Morgan fingerprint density at radius 2 is 2.00 bits per heavy atom. The van der Waals surface area contributed by atoms with Gasteiger partial charge in [0.1, 0.15) is 0 Å². The molecule has 2 aromatic carbocycles. The highest BCUT2D eigenvalue weighted by Gasteiger charge is 2.14. The SMILES string of the molecule is Cn1nc(CC(O)c2cccc(Br)c2)c2ccccc21. The Morgan fingerprint density at radius 1 is 1.20 bits per heavy atom. The number of fused-ring (bicyclic) bond motifs is 1. The van der Waals surface area contributed by atoms with Gasteiger partial charge in [-0.2, -0.15) is 5.10 Å². The molecule has 0 amide bonds. The number of aryl methyl sites for hydroxylation is 1. The zero-order valence-corrected chi connectivity index (χ0v) is 12.7. The standard InChI is InChI=1S/C16H15BrN2O/c1-19-15-8-3-2-7-13(15)14(18-19)10-16(20)11-5-4-6-12(17)9-11/h2-9,16,20H,10H2,1H3. The van der Waals surface area contributed by atoms with Crippen LogP contribution in [0, 0.1) is 0 Å². The van der Waals surface area contributed by atoms with Crippen LogP contribution in [0.15, 0.2) is 53.0 Å². The number of aromatic nitrogens is 2. The van der Waals surface area contributed by atoms with Crippen LogP contribution >= 0.6 is 15.9 Å². The minimum absolute atomic E-state index is 0.512. The van der Waals surface area contributed by atoms with Crippen molar-refractivity contribution >= 4 is 26.8 Å².